The number of amides is 1. The number of hydrogen-bond donors (Lipinski definition) is 1. The molecule has 0 bridgehead atoms. The highest BCUT2D eigenvalue weighted by atomic mass is 32.1. The van der Waals surface area contributed by atoms with Gasteiger partial charge in [-0.3, -0.25) is 14.0 Å². The SMILES string of the molecule is O=C(NC[C@@H]1CCCO1)c1cnc2sc3c(n2c1=O)CCC3. The Balaban J connectivity index is 1.62. The van der Waals surface area contributed by atoms with E-state index in [1.54, 1.807) is 15.7 Å². The molecule has 2 aromatic heterocycles. The molecule has 1 saturated heterocycles. The average Bonchev–Trinajstić information content (AvgIpc) is 3.21. The van der Waals surface area contributed by atoms with Crippen LogP contribution >= 0.6 is 11.3 Å². The summed E-state index contributed by atoms with van der Waals surface area (Å²) < 4.78 is 7.09. The van der Waals surface area contributed by atoms with Gasteiger partial charge in [-0.15, -0.1) is 11.3 Å². The number of ether oxygens (including phenoxy) is 1. The van der Waals surface area contributed by atoms with Crippen molar-refractivity contribution in [3.8, 4) is 0 Å². The molecule has 1 aliphatic carbocycles. The summed E-state index contributed by atoms with van der Waals surface area (Å²) in [4.78, 5) is 31.1. The number of nitrogens with zero attached hydrogens (tertiary/aromatic N) is 2. The van der Waals surface area contributed by atoms with Crippen molar-refractivity contribution in [2.45, 2.75) is 38.2 Å². The molecule has 0 radical (unpaired) electrons. The van der Waals surface area contributed by atoms with Crippen LogP contribution in [0.25, 0.3) is 4.96 Å². The van der Waals surface area contributed by atoms with E-state index in [0.29, 0.717) is 11.5 Å². The topological polar surface area (TPSA) is 72.7 Å². The molecule has 0 unspecified atom stereocenters. The molecular formula is C15H17N3O3S. The number of carbonyl (C=O) groups excluding carboxylic acids is 1. The summed E-state index contributed by atoms with van der Waals surface area (Å²) >= 11 is 1.55. The van der Waals surface area contributed by atoms with Crippen LogP contribution < -0.4 is 10.9 Å². The van der Waals surface area contributed by atoms with E-state index in [1.807, 2.05) is 0 Å². The Morgan fingerprint density at radius 1 is 1.45 bits per heavy atom. The highest BCUT2D eigenvalue weighted by molar-refractivity contribution is 7.17. The molecule has 0 spiro atoms. The minimum atomic E-state index is -0.361. The molecule has 6 nitrogen and oxygen atoms in total. The van der Waals surface area contributed by atoms with Crippen LogP contribution in [0.3, 0.4) is 0 Å². The van der Waals surface area contributed by atoms with Crippen molar-refractivity contribution in [3.63, 3.8) is 0 Å². The Labute approximate surface area is 131 Å². The Kier molecular flexibility index (Phi) is 3.46. The van der Waals surface area contributed by atoms with Crippen LogP contribution in [0.15, 0.2) is 11.0 Å². The van der Waals surface area contributed by atoms with Gasteiger partial charge < -0.3 is 10.1 Å². The first-order chi connectivity index (χ1) is 10.7. The summed E-state index contributed by atoms with van der Waals surface area (Å²) in [5, 5.41) is 2.79. The van der Waals surface area contributed by atoms with Crippen molar-refractivity contribution >= 4 is 22.2 Å². The molecule has 2 aliphatic rings. The predicted octanol–water partition coefficient (Wildman–Crippen LogP) is 1.15. The van der Waals surface area contributed by atoms with Gasteiger partial charge in [0.25, 0.3) is 11.5 Å². The lowest BCUT2D eigenvalue weighted by molar-refractivity contribution is 0.0856. The quantitative estimate of drug-likeness (QED) is 0.921. The fourth-order valence-corrected chi connectivity index (χ4v) is 4.34. The van der Waals surface area contributed by atoms with E-state index in [-0.39, 0.29) is 23.1 Å². The number of rotatable bonds is 3. The van der Waals surface area contributed by atoms with Crippen molar-refractivity contribution in [2.75, 3.05) is 13.2 Å². The highest BCUT2D eigenvalue weighted by Crippen LogP contribution is 2.28. The summed E-state index contributed by atoms with van der Waals surface area (Å²) in [5.74, 6) is -0.361. The molecule has 2 aromatic rings. The second-order valence-electron chi connectivity index (χ2n) is 5.77. The lowest BCUT2D eigenvalue weighted by atomic mass is 10.2. The molecule has 1 amide bonds. The molecule has 22 heavy (non-hydrogen) atoms. The first kappa shape index (κ1) is 13.9. The molecule has 3 heterocycles. The van der Waals surface area contributed by atoms with Crippen LogP contribution in [0.4, 0.5) is 0 Å². The molecule has 1 N–H and O–H groups in total. The van der Waals surface area contributed by atoms with Crippen LogP contribution in [-0.4, -0.2) is 34.5 Å². The second kappa shape index (κ2) is 5.48. The predicted molar refractivity (Wildman–Crippen MR) is 82.7 cm³/mol. The Bertz CT molecular complexity index is 789. The number of aromatic nitrogens is 2. The number of nitrogens with one attached hydrogen (secondary N) is 1. The van der Waals surface area contributed by atoms with Crippen LogP contribution in [0, 0.1) is 0 Å². The van der Waals surface area contributed by atoms with Gasteiger partial charge in [-0.25, -0.2) is 4.98 Å². The van der Waals surface area contributed by atoms with E-state index in [4.69, 9.17) is 4.74 Å². The van der Waals surface area contributed by atoms with Crippen LogP contribution in [-0.2, 0) is 17.6 Å². The highest BCUT2D eigenvalue weighted by Gasteiger charge is 2.23. The van der Waals surface area contributed by atoms with E-state index < -0.39 is 0 Å². The van der Waals surface area contributed by atoms with E-state index in [9.17, 15) is 9.59 Å². The zero-order valence-corrected chi connectivity index (χ0v) is 12.9. The van der Waals surface area contributed by atoms with Crippen molar-refractivity contribution in [2.24, 2.45) is 0 Å². The smallest absolute Gasteiger partial charge is 0.271 e. The van der Waals surface area contributed by atoms with Crippen molar-refractivity contribution in [1.29, 1.82) is 0 Å². The normalized spacial score (nSPS) is 20.5. The van der Waals surface area contributed by atoms with Gasteiger partial charge in [0, 0.05) is 29.9 Å². The Morgan fingerprint density at radius 3 is 3.18 bits per heavy atom. The average molecular weight is 319 g/mol. The first-order valence-corrected chi connectivity index (χ1v) is 8.48. The van der Waals surface area contributed by atoms with Gasteiger partial charge >= 0.3 is 0 Å². The maximum atomic E-state index is 12.6. The zero-order valence-electron chi connectivity index (χ0n) is 12.1. The molecule has 116 valence electrons. The summed E-state index contributed by atoms with van der Waals surface area (Å²) in [5.41, 5.74) is 0.892. The lowest BCUT2D eigenvalue weighted by Gasteiger charge is -2.10. The fourth-order valence-electron chi connectivity index (χ4n) is 3.17. The van der Waals surface area contributed by atoms with Gasteiger partial charge in [0.15, 0.2) is 4.96 Å². The van der Waals surface area contributed by atoms with E-state index >= 15 is 0 Å². The summed E-state index contributed by atoms with van der Waals surface area (Å²) in [6.45, 7) is 1.19. The van der Waals surface area contributed by atoms with Gasteiger partial charge in [-0.05, 0) is 32.1 Å². The standard InChI is InChI=1S/C15H17N3O3S/c19-13(16-7-9-3-2-6-21-9)10-8-17-15-18(14(10)20)11-4-1-5-12(11)22-15/h8-9H,1-7H2,(H,16,19)/t9-/m0/s1. The third-order valence-corrected chi connectivity index (χ3v) is 5.47. The monoisotopic (exact) mass is 319 g/mol. The van der Waals surface area contributed by atoms with Crippen molar-refractivity contribution in [1.82, 2.24) is 14.7 Å². The van der Waals surface area contributed by atoms with Gasteiger partial charge in [0.05, 0.1) is 6.10 Å². The van der Waals surface area contributed by atoms with Crippen LogP contribution in [0.2, 0.25) is 0 Å². The molecule has 1 atom stereocenters. The summed E-state index contributed by atoms with van der Waals surface area (Å²) in [7, 11) is 0. The number of hydrogen-bond acceptors (Lipinski definition) is 5. The minimum Gasteiger partial charge on any atom is -0.376 e. The number of thiazole rings is 1. The second-order valence-corrected chi connectivity index (χ2v) is 6.83. The maximum absolute atomic E-state index is 12.6. The van der Waals surface area contributed by atoms with E-state index in [0.717, 1.165) is 44.4 Å². The lowest BCUT2D eigenvalue weighted by Crippen LogP contribution is -2.36. The molecule has 7 heteroatoms. The molecule has 1 fully saturated rings. The van der Waals surface area contributed by atoms with Crippen LogP contribution in [0.1, 0.15) is 40.2 Å². The molecule has 0 saturated carbocycles. The summed E-state index contributed by atoms with van der Waals surface area (Å²) in [6, 6.07) is 0. The molecule has 0 aromatic carbocycles. The third kappa shape index (κ3) is 2.24. The van der Waals surface area contributed by atoms with Gasteiger partial charge in [-0.1, -0.05) is 0 Å². The maximum Gasteiger partial charge on any atom is 0.271 e. The van der Waals surface area contributed by atoms with Gasteiger partial charge in [0.1, 0.15) is 5.56 Å². The zero-order chi connectivity index (χ0) is 15.1. The molecule has 1 aliphatic heterocycles. The number of fused-ring (bicyclic) bond motifs is 3. The third-order valence-electron chi connectivity index (χ3n) is 4.31. The molecular weight excluding hydrogens is 302 g/mol. The largest absolute Gasteiger partial charge is 0.376 e. The minimum absolute atomic E-state index is 0.0637. The molecule has 4 rings (SSSR count). The summed E-state index contributed by atoms with van der Waals surface area (Å²) in [6.07, 6.45) is 6.40. The van der Waals surface area contributed by atoms with Gasteiger partial charge in [-0.2, -0.15) is 0 Å². The fraction of sp³-hybridized carbons (Fsp3) is 0.533. The van der Waals surface area contributed by atoms with Crippen molar-refractivity contribution < 1.29 is 9.53 Å². The number of carbonyl (C=O) groups is 1. The number of aryl methyl sites for hydroxylation is 2. The van der Waals surface area contributed by atoms with Crippen LogP contribution in [0.5, 0.6) is 0 Å². The Hall–Kier alpha value is -1.73. The van der Waals surface area contributed by atoms with Gasteiger partial charge in [0.2, 0.25) is 0 Å². The Morgan fingerprint density at radius 2 is 2.36 bits per heavy atom. The van der Waals surface area contributed by atoms with Crippen molar-refractivity contribution in [3.05, 3.63) is 32.7 Å². The first-order valence-electron chi connectivity index (χ1n) is 7.66. The van der Waals surface area contributed by atoms with E-state index in [1.165, 1.54) is 11.1 Å². The van der Waals surface area contributed by atoms with E-state index in [2.05, 4.69) is 10.3 Å².